The van der Waals surface area contributed by atoms with Gasteiger partial charge in [-0.1, -0.05) is 27.7 Å². The Hall–Kier alpha value is -2.20. The number of anilines is 2. The van der Waals surface area contributed by atoms with Gasteiger partial charge >= 0.3 is 12.4 Å². The molecule has 4 atom stereocenters. The molecule has 4 aromatic heterocycles. The number of hydrogen-bond donors (Lipinski definition) is 4. The van der Waals surface area contributed by atoms with E-state index in [0.29, 0.717) is 44.4 Å². The standard InChI is InChI=1S/2C19H27F3N4OS.2H2S/c2*1-12(2)16(10-27)25-13-4-3-6-26(7-5-13)17-15-8-14(9-19(20,21)22)28-18(15)24-11-23-17;;/h2*8,11-13,16,25,27H,3-7,9-10H2,1-2H3;2*1H2/t13-,16+;13-,16-;;/m01../s1. The number of nitrogens with one attached hydrogen (secondary N) is 2. The molecule has 2 aliphatic rings. The Kier molecular flexibility index (Phi) is 19.5. The maximum absolute atomic E-state index is 12.7. The van der Waals surface area contributed by atoms with Crippen molar-refractivity contribution in [2.45, 2.75) is 116 Å². The van der Waals surface area contributed by atoms with Crippen molar-refractivity contribution in [1.29, 1.82) is 0 Å². The van der Waals surface area contributed by atoms with Crippen LogP contribution in [0.3, 0.4) is 0 Å². The summed E-state index contributed by atoms with van der Waals surface area (Å²) in [4.78, 5) is 23.2. The molecule has 0 amide bonds. The molecule has 2 aliphatic heterocycles. The second-order valence-corrected chi connectivity index (χ2v) is 17.7. The molecule has 0 spiro atoms. The lowest BCUT2D eigenvalue weighted by Crippen LogP contribution is -2.44. The van der Waals surface area contributed by atoms with Gasteiger partial charge in [0.15, 0.2) is 0 Å². The summed E-state index contributed by atoms with van der Waals surface area (Å²) in [6.45, 7) is 11.7. The van der Waals surface area contributed by atoms with E-state index in [9.17, 15) is 36.6 Å². The highest BCUT2D eigenvalue weighted by atomic mass is 32.1. The quantitative estimate of drug-likeness (QED) is 0.105. The monoisotopic (exact) mass is 900 g/mol. The van der Waals surface area contributed by atoms with Gasteiger partial charge in [0.1, 0.15) is 34.0 Å². The SMILES string of the molecule is CC(C)[C@@H](CO)N[C@@H]1CCCN(c2ncnc3sc(CC(F)(F)F)cc23)CC1.CC(C)[C@@H](CO)N[C@H]1CCCN(c2ncnc3sc(CC(F)(F)F)cc23)CC1.S.S. The van der Waals surface area contributed by atoms with Crippen LogP contribution in [-0.2, 0) is 12.8 Å². The third-order valence-corrected chi connectivity index (χ3v) is 12.5. The van der Waals surface area contributed by atoms with Crippen molar-refractivity contribution >= 4 is 81.7 Å². The summed E-state index contributed by atoms with van der Waals surface area (Å²) in [6.07, 6.45) is -1.74. The van der Waals surface area contributed by atoms with E-state index in [4.69, 9.17) is 0 Å². The minimum atomic E-state index is -4.23. The second-order valence-electron chi connectivity index (χ2n) is 15.5. The summed E-state index contributed by atoms with van der Waals surface area (Å²) < 4.78 is 76.5. The number of aliphatic hydroxyl groups is 2. The molecule has 20 heteroatoms. The highest BCUT2D eigenvalue weighted by Gasteiger charge is 2.31. The van der Waals surface area contributed by atoms with Crippen LogP contribution in [0, 0.1) is 11.8 Å². The van der Waals surface area contributed by atoms with E-state index in [0.717, 1.165) is 99.0 Å². The minimum absolute atomic E-state index is 0. The van der Waals surface area contributed by atoms with Crippen molar-refractivity contribution in [2.75, 3.05) is 49.2 Å². The van der Waals surface area contributed by atoms with E-state index in [1.165, 1.54) is 12.7 Å². The van der Waals surface area contributed by atoms with Crippen molar-refractivity contribution in [2.24, 2.45) is 11.8 Å². The van der Waals surface area contributed by atoms with Crippen LogP contribution >= 0.6 is 49.7 Å². The predicted molar refractivity (Wildman–Crippen MR) is 233 cm³/mol. The summed E-state index contributed by atoms with van der Waals surface area (Å²) >= 11 is 2.17. The number of rotatable bonds is 12. The van der Waals surface area contributed by atoms with Crippen LogP contribution in [0.2, 0.25) is 0 Å². The molecule has 0 unspecified atom stereocenters. The third kappa shape index (κ3) is 14.5. The average molecular weight is 901 g/mol. The van der Waals surface area contributed by atoms with Crippen molar-refractivity contribution < 1.29 is 36.6 Å². The lowest BCUT2D eigenvalue weighted by molar-refractivity contribution is -0.127. The van der Waals surface area contributed by atoms with Gasteiger partial charge in [0.05, 0.1) is 36.8 Å². The summed E-state index contributed by atoms with van der Waals surface area (Å²) in [6, 6.07) is 3.94. The van der Waals surface area contributed by atoms with E-state index >= 15 is 0 Å². The van der Waals surface area contributed by atoms with Gasteiger partial charge in [-0.25, -0.2) is 19.9 Å². The Balaban J connectivity index is 0.000000300. The average Bonchev–Trinajstić information content (AvgIpc) is 3.53. The number of thiophene rings is 2. The lowest BCUT2D eigenvalue weighted by atomic mass is 10.0. The molecule has 0 aliphatic carbocycles. The van der Waals surface area contributed by atoms with Gasteiger partial charge in [0.2, 0.25) is 0 Å². The maximum atomic E-state index is 12.7. The van der Waals surface area contributed by atoms with Crippen molar-refractivity contribution in [3.05, 3.63) is 34.5 Å². The van der Waals surface area contributed by atoms with Gasteiger partial charge in [-0.05, 0) is 62.5 Å². The minimum Gasteiger partial charge on any atom is -0.395 e. The Morgan fingerprint density at radius 3 is 1.34 bits per heavy atom. The Morgan fingerprint density at radius 1 is 0.638 bits per heavy atom. The first kappa shape index (κ1) is 50.2. The molecule has 328 valence electrons. The zero-order chi connectivity index (χ0) is 40.6. The summed E-state index contributed by atoms with van der Waals surface area (Å²) in [5.41, 5.74) is 0. The number of fused-ring (bicyclic) bond motifs is 2. The van der Waals surface area contributed by atoms with Gasteiger partial charge < -0.3 is 30.6 Å². The Bertz CT molecular complexity index is 1700. The largest absolute Gasteiger partial charge is 0.395 e. The molecule has 0 aromatic carbocycles. The Labute approximate surface area is 358 Å². The first-order valence-electron chi connectivity index (χ1n) is 19.4. The molecule has 10 nitrogen and oxygen atoms in total. The van der Waals surface area contributed by atoms with Crippen LogP contribution in [-0.4, -0.2) is 106 Å². The summed E-state index contributed by atoms with van der Waals surface area (Å²) in [7, 11) is 0. The molecule has 2 saturated heterocycles. The molecule has 0 bridgehead atoms. The number of halogens is 6. The van der Waals surface area contributed by atoms with E-state index in [-0.39, 0.29) is 62.0 Å². The summed E-state index contributed by atoms with van der Waals surface area (Å²) in [5.74, 6) is 2.14. The highest BCUT2D eigenvalue weighted by Crippen LogP contribution is 2.36. The molecule has 6 heterocycles. The van der Waals surface area contributed by atoms with Crippen LogP contribution in [0.4, 0.5) is 38.0 Å². The van der Waals surface area contributed by atoms with Gasteiger partial charge in [0, 0.05) is 60.1 Å². The van der Waals surface area contributed by atoms with Crippen LogP contribution in [0.25, 0.3) is 20.4 Å². The predicted octanol–water partition coefficient (Wildman–Crippen LogP) is 7.75. The van der Waals surface area contributed by atoms with Gasteiger partial charge in [0.25, 0.3) is 0 Å². The lowest BCUT2D eigenvalue weighted by Gasteiger charge is -2.26. The fourth-order valence-corrected chi connectivity index (χ4v) is 9.37. The van der Waals surface area contributed by atoms with Gasteiger partial charge in [-0.15, -0.1) is 22.7 Å². The van der Waals surface area contributed by atoms with E-state index < -0.39 is 25.2 Å². The van der Waals surface area contributed by atoms with Crippen LogP contribution < -0.4 is 20.4 Å². The number of nitrogens with zero attached hydrogens (tertiary/aromatic N) is 6. The fourth-order valence-electron chi connectivity index (χ4n) is 7.33. The smallest absolute Gasteiger partial charge is 0.393 e. The maximum Gasteiger partial charge on any atom is 0.393 e. The number of aromatic nitrogens is 4. The number of hydrogen-bond acceptors (Lipinski definition) is 12. The highest BCUT2D eigenvalue weighted by molar-refractivity contribution is 7.59. The zero-order valence-electron chi connectivity index (χ0n) is 33.3. The Morgan fingerprint density at radius 2 is 1.02 bits per heavy atom. The summed E-state index contributed by atoms with van der Waals surface area (Å²) in [5, 5.41) is 27.6. The molecule has 4 aromatic rings. The first-order chi connectivity index (χ1) is 26.5. The molecular weight excluding hydrogens is 843 g/mol. The molecule has 58 heavy (non-hydrogen) atoms. The second kappa shape index (κ2) is 22.6. The van der Waals surface area contributed by atoms with Crippen molar-refractivity contribution in [3.63, 3.8) is 0 Å². The van der Waals surface area contributed by atoms with Gasteiger partial charge in [-0.2, -0.15) is 53.3 Å². The van der Waals surface area contributed by atoms with Crippen molar-refractivity contribution in [3.8, 4) is 0 Å². The van der Waals surface area contributed by atoms with Crippen LogP contribution in [0.15, 0.2) is 24.8 Å². The van der Waals surface area contributed by atoms with E-state index in [2.05, 4.69) is 68.1 Å². The topological polar surface area (TPSA) is 123 Å². The third-order valence-electron chi connectivity index (χ3n) is 10.4. The van der Waals surface area contributed by atoms with Crippen LogP contribution in [0.5, 0.6) is 0 Å². The van der Waals surface area contributed by atoms with Gasteiger partial charge in [-0.3, -0.25) is 0 Å². The molecular formula is C38H58F6N8O2S4. The zero-order valence-corrected chi connectivity index (χ0v) is 37.0. The van der Waals surface area contributed by atoms with E-state index in [1.54, 1.807) is 12.1 Å². The number of aliphatic hydroxyl groups excluding tert-OH is 2. The fraction of sp³-hybridized carbons (Fsp3) is 0.684. The van der Waals surface area contributed by atoms with Crippen LogP contribution in [0.1, 0.15) is 76.0 Å². The molecule has 4 N–H and O–H groups in total. The van der Waals surface area contributed by atoms with Crippen molar-refractivity contribution in [1.82, 2.24) is 30.6 Å². The number of alkyl halides is 6. The molecule has 0 radical (unpaired) electrons. The van der Waals surface area contributed by atoms with E-state index in [1.807, 2.05) is 0 Å². The molecule has 0 saturated carbocycles. The first-order valence-corrected chi connectivity index (χ1v) is 21.0. The molecule has 2 fully saturated rings. The normalized spacial score (nSPS) is 19.3. The molecule has 6 rings (SSSR count).